The van der Waals surface area contributed by atoms with Crippen molar-refractivity contribution in [3.63, 3.8) is 0 Å². The number of carboxylic acids is 1. The zero-order valence-electron chi connectivity index (χ0n) is 64.6. The topological polar surface area (TPSA) is 560 Å². The Balaban J connectivity index is 1.16. The van der Waals surface area contributed by atoms with Crippen LogP contribution in [0.3, 0.4) is 0 Å². The van der Waals surface area contributed by atoms with Crippen LogP contribution in [-0.2, 0) is 52.6 Å². The van der Waals surface area contributed by atoms with Gasteiger partial charge in [-0.2, -0.15) is 0 Å². The Morgan fingerprint density at radius 2 is 1.28 bits per heavy atom. The second-order valence-corrected chi connectivity index (χ2v) is 31.1. The summed E-state index contributed by atoms with van der Waals surface area (Å²) in [4.78, 5) is 119. The fraction of sp³-hybridized carbons (Fsp3) is 0.519. The number of unbranched alkanes of at least 4 members (excludes halogenated alkanes) is 7. The normalized spacial score (nSPS) is 27.2. The second kappa shape index (κ2) is 39.8. The zero-order chi connectivity index (χ0) is 84.1. The fourth-order valence-corrected chi connectivity index (χ4v) is 15.3. The Kier molecular flexibility index (Phi) is 30.5. The summed E-state index contributed by atoms with van der Waals surface area (Å²) >= 11 is 14.4. The highest BCUT2D eigenvalue weighted by Crippen LogP contribution is 2.50. The van der Waals surface area contributed by atoms with Crippen molar-refractivity contribution in [2.75, 3.05) is 39.3 Å². The number of nitrogens with one attached hydrogen (secondary N) is 9. The van der Waals surface area contributed by atoms with Gasteiger partial charge in [-0.25, -0.2) is 4.79 Å². The number of rotatable bonds is 28. The zero-order valence-corrected chi connectivity index (χ0v) is 66.2. The highest BCUT2D eigenvalue weighted by Gasteiger charge is 2.52. The molecule has 18 atom stereocenters. The van der Waals surface area contributed by atoms with Crippen molar-refractivity contribution >= 4 is 70.5 Å². The molecule has 37 heteroatoms. The van der Waals surface area contributed by atoms with Gasteiger partial charge in [-0.15, -0.1) is 0 Å². The van der Waals surface area contributed by atoms with E-state index in [1.807, 2.05) is 13.8 Å². The molecule has 12 rings (SSSR count). The van der Waals surface area contributed by atoms with Crippen molar-refractivity contribution in [3.8, 4) is 57.1 Å². The van der Waals surface area contributed by atoms with Gasteiger partial charge in [0.25, 0.3) is 0 Å². The summed E-state index contributed by atoms with van der Waals surface area (Å²) in [6, 6.07) is -0.309. The summed E-state index contributed by atoms with van der Waals surface area (Å²) in [6.45, 7) is 10.6. The molecule has 632 valence electrons. The molecule has 7 amide bonds. The molecular weight excluding hydrogens is 1560 g/mol. The van der Waals surface area contributed by atoms with Gasteiger partial charge in [-0.1, -0.05) is 107 Å². The van der Waals surface area contributed by atoms with Crippen molar-refractivity contribution in [1.29, 1.82) is 0 Å². The van der Waals surface area contributed by atoms with Crippen LogP contribution in [0.15, 0.2) is 78.9 Å². The maximum Gasteiger partial charge on any atom is 0.330 e. The summed E-state index contributed by atoms with van der Waals surface area (Å²) in [7, 11) is 0. The number of aromatic hydroxyl groups is 3. The van der Waals surface area contributed by atoms with Gasteiger partial charge >= 0.3 is 5.97 Å². The van der Waals surface area contributed by atoms with Crippen LogP contribution < -0.4 is 79.3 Å². The number of nitrogens with two attached hydrogens (primary N) is 3. The smallest absolute Gasteiger partial charge is 0.330 e. The molecule has 35 nitrogen and oxygen atoms in total. The Morgan fingerprint density at radius 1 is 0.664 bits per heavy atom. The average Bonchev–Trinajstić information content (AvgIpc) is 0.772. The molecule has 0 unspecified atom stereocenters. The van der Waals surface area contributed by atoms with Crippen molar-refractivity contribution in [2.45, 2.75) is 214 Å². The number of aliphatic hydroxyl groups excluding tert-OH is 5. The Bertz CT molecular complexity index is 4380. The summed E-state index contributed by atoms with van der Waals surface area (Å²) in [6.07, 6.45) is -8.67. The highest BCUT2D eigenvalue weighted by molar-refractivity contribution is 6.32. The maximum atomic E-state index is 16.3. The molecule has 7 aliphatic rings. The minimum Gasteiger partial charge on any atom is -0.508 e. The first kappa shape index (κ1) is 89.1. The first-order chi connectivity index (χ1) is 55.2. The van der Waals surface area contributed by atoms with E-state index >= 15 is 19.2 Å². The van der Waals surface area contributed by atoms with Crippen molar-refractivity contribution in [3.05, 3.63) is 117 Å². The van der Waals surface area contributed by atoms with E-state index in [0.29, 0.717) is 6.54 Å². The van der Waals surface area contributed by atoms with Crippen molar-refractivity contribution < 1.29 is 113 Å². The molecule has 5 aromatic rings. The predicted molar refractivity (Wildman–Crippen MR) is 419 cm³/mol. The largest absolute Gasteiger partial charge is 0.508 e. The predicted octanol–water partition coefficient (Wildman–Crippen LogP) is 2.76. The van der Waals surface area contributed by atoms with Crippen LogP contribution in [-0.4, -0.2) is 211 Å². The first-order valence-electron chi connectivity index (χ1n) is 38.7. The molecule has 0 aliphatic carbocycles. The molecule has 0 radical (unpaired) electrons. The number of carbonyl (C=O) groups is 8. The lowest BCUT2D eigenvalue weighted by Crippen LogP contribution is -2.66. The number of halogens is 2. The van der Waals surface area contributed by atoms with E-state index in [9.17, 15) is 65.1 Å². The number of aliphatic hydroxyl groups is 5. The van der Waals surface area contributed by atoms with Crippen LogP contribution in [0.2, 0.25) is 10.0 Å². The summed E-state index contributed by atoms with van der Waals surface area (Å²) in [5, 5.41) is 129. The number of primary amides is 1. The Labute approximate surface area is 678 Å². The van der Waals surface area contributed by atoms with Gasteiger partial charge in [-0.3, -0.25) is 33.6 Å². The van der Waals surface area contributed by atoms with E-state index in [2.05, 4.69) is 54.8 Å². The van der Waals surface area contributed by atoms with Crippen LogP contribution in [0.4, 0.5) is 0 Å². The average molecular weight is 1660 g/mol. The SMILES string of the molecule is CCCCCCCCCCNCCN[C@H](CC(C)C)C(=O)N[C@H]1C(=O)N[C@@H](CC(N)=O)C(=O)N[C@H]2C(=O)N[C@H]3C(=O)N[C@H](C(=O)N[C@H](C(=O)O)c4cc(O)cc(O)c4-c4cc3ccc4O)[C@H](O)c3ccc(c(Cl)c3)Oc3cc2cc(c3O[C@@H]2O[C@H](CN)[C@@H](O)[C@H](O)[C@H]2O[C@H]2C[C@](C)(NCCN)[C@H](O)[C@H](C)O2)Oc2ccc(cc2Cl)[C@H]1O. The molecule has 5 aromatic carbocycles. The number of ether oxygens (including phenoxy) is 6. The molecule has 24 N–H and O–H groups in total. The molecule has 0 aromatic heterocycles. The van der Waals surface area contributed by atoms with E-state index < -0.39 is 231 Å². The van der Waals surface area contributed by atoms with Crippen LogP contribution in [0, 0.1) is 5.92 Å². The third-order valence-electron chi connectivity index (χ3n) is 21.0. The molecule has 7 heterocycles. The van der Waals surface area contributed by atoms with Crippen molar-refractivity contribution in [1.82, 2.24) is 47.9 Å². The standard InChI is InChI=1S/C79H104Cl2N12O23/c1-6-7-8-9-10-11-12-13-21-85-23-24-86-47(25-36(2)3)71(103)92-62-64(98)39-15-18-51(45(80)27-39)112-53-29-41-30-54(68(53)116-78-69(67(101)66(100)55(35-83)114-78)115-57-34-79(5,87-22-20-82)70(102)37(4)111-57)113-52-19-16-40(28-46(52)81)65(99)63-76(108)91-61(77(109)110)44-31-42(94)32-50(96)58(44)43-26-38(14-17-49(43)95)59(73(105)93-63)90-74(106)60(41)89-72(104)48(33-56(84)97)88-75(62)107/h14-19,26-32,36-37,47-48,55,57,59-67,69-70,78,85-87,94-96,98-102H,6-13,20-25,33-35,82-83H2,1-5H3,(H2,84,97)(H,88,107)(H,89,104)(H,90,106)(H,91,108)(H,92,103)(H,93,105)(H,109,110)/t37-,47+,48-,55+,57-,59+,60+,61-,62+,63-,64+,65+,66+,67-,69+,70+,78-,79-/m0/s1. The molecule has 11 bridgehead atoms. The second-order valence-electron chi connectivity index (χ2n) is 30.3. The van der Waals surface area contributed by atoms with Gasteiger partial charge in [0.1, 0.15) is 89.5 Å². The number of aliphatic carboxylic acids is 1. The van der Waals surface area contributed by atoms with Crippen LogP contribution in [0.1, 0.15) is 163 Å². The van der Waals surface area contributed by atoms with Crippen LogP contribution >= 0.6 is 23.2 Å². The van der Waals surface area contributed by atoms with Gasteiger partial charge in [0.15, 0.2) is 29.9 Å². The van der Waals surface area contributed by atoms with E-state index in [1.54, 1.807) is 13.8 Å². The monoisotopic (exact) mass is 1660 g/mol. The Morgan fingerprint density at radius 3 is 1.91 bits per heavy atom. The molecule has 2 fully saturated rings. The highest BCUT2D eigenvalue weighted by atomic mass is 35.5. The minimum atomic E-state index is -2.34. The molecule has 2 saturated heterocycles. The number of hydrogen-bond donors (Lipinski definition) is 21. The number of amides is 7. The molecule has 7 aliphatic heterocycles. The van der Waals surface area contributed by atoms with E-state index in [1.165, 1.54) is 43.5 Å². The minimum absolute atomic E-state index is 0.117. The molecule has 116 heavy (non-hydrogen) atoms. The number of phenols is 3. The van der Waals surface area contributed by atoms with E-state index in [-0.39, 0.29) is 71.6 Å². The maximum absolute atomic E-state index is 16.3. The quantitative estimate of drug-likeness (QED) is 0.0320. The lowest BCUT2D eigenvalue weighted by molar-refractivity contribution is -0.331. The number of hydrogen-bond acceptors (Lipinski definition) is 27. The van der Waals surface area contributed by atoms with Gasteiger partial charge in [0.05, 0.1) is 34.7 Å². The number of fused-ring (bicyclic) bond motifs is 15. The molecular formula is C79H104Cl2N12O23. The van der Waals surface area contributed by atoms with Crippen LogP contribution in [0.25, 0.3) is 11.1 Å². The number of benzene rings is 5. The number of carbonyl (C=O) groups excluding carboxylic acids is 7. The van der Waals surface area contributed by atoms with Gasteiger partial charge < -0.3 is 139 Å². The summed E-state index contributed by atoms with van der Waals surface area (Å²) in [5.74, 6) is -15.7. The lowest BCUT2D eigenvalue weighted by atomic mass is 9.85. The third kappa shape index (κ3) is 21.3. The lowest BCUT2D eigenvalue weighted by Gasteiger charge is -2.48. The van der Waals surface area contributed by atoms with Gasteiger partial charge in [0, 0.05) is 67.4 Å². The summed E-state index contributed by atoms with van der Waals surface area (Å²) in [5.41, 5.74) is 14.0. The van der Waals surface area contributed by atoms with Crippen LogP contribution in [0.5, 0.6) is 46.0 Å². The van der Waals surface area contributed by atoms with Gasteiger partial charge in [-0.05, 0) is 116 Å². The van der Waals surface area contributed by atoms with E-state index in [4.69, 9.17) is 68.8 Å². The Hall–Kier alpha value is -9.28. The van der Waals surface area contributed by atoms with E-state index in [0.717, 1.165) is 93.2 Å². The number of carboxylic acid groups (broad SMARTS) is 1. The summed E-state index contributed by atoms with van der Waals surface area (Å²) < 4.78 is 39.4. The fourth-order valence-electron chi connectivity index (χ4n) is 14.8. The van der Waals surface area contributed by atoms with Crippen molar-refractivity contribution in [2.24, 2.45) is 23.1 Å². The third-order valence-corrected chi connectivity index (χ3v) is 21.6. The molecule has 0 spiro atoms. The first-order valence-corrected chi connectivity index (χ1v) is 39.5. The molecule has 0 saturated carbocycles. The number of phenolic OH excluding ortho intramolecular Hbond substituents is 3. The van der Waals surface area contributed by atoms with Gasteiger partial charge in [0.2, 0.25) is 53.4 Å².